The van der Waals surface area contributed by atoms with E-state index in [9.17, 15) is 13.2 Å². The van der Waals surface area contributed by atoms with Crippen molar-refractivity contribution in [2.75, 3.05) is 31.9 Å². The molecule has 238 valence electrons. The molecule has 10 nitrogen and oxygen atoms in total. The van der Waals surface area contributed by atoms with Crippen molar-refractivity contribution in [2.45, 2.75) is 56.8 Å². The average molecular weight is 624 g/mol. The molecular formula is C32H36F3N7O3. The first kappa shape index (κ1) is 30.8. The maximum absolute atomic E-state index is 10.6. The Labute approximate surface area is 258 Å². The Morgan fingerprint density at radius 2 is 1.58 bits per heavy atom. The van der Waals surface area contributed by atoms with Gasteiger partial charge in [-0.25, -0.2) is 19.4 Å². The van der Waals surface area contributed by atoms with Gasteiger partial charge in [0.15, 0.2) is 5.65 Å². The van der Waals surface area contributed by atoms with Gasteiger partial charge in [0.2, 0.25) is 0 Å². The Kier molecular flexibility index (Phi) is 8.65. The van der Waals surface area contributed by atoms with E-state index in [0.29, 0.717) is 17.3 Å². The summed E-state index contributed by atoms with van der Waals surface area (Å²) in [5, 5.41) is 16.6. The molecule has 1 aliphatic carbocycles. The van der Waals surface area contributed by atoms with Crippen LogP contribution in [0.4, 0.5) is 19.0 Å². The van der Waals surface area contributed by atoms with Crippen LogP contribution in [0, 0.1) is 5.41 Å². The van der Waals surface area contributed by atoms with Gasteiger partial charge in [0, 0.05) is 24.7 Å². The summed E-state index contributed by atoms with van der Waals surface area (Å²) < 4.78 is 39.8. The number of aliphatic carboxylic acids is 1. The van der Waals surface area contributed by atoms with Crippen LogP contribution in [-0.4, -0.2) is 74.1 Å². The third-order valence-electron chi connectivity index (χ3n) is 9.23. The fourth-order valence-corrected chi connectivity index (χ4v) is 6.82. The molecule has 1 spiro atoms. The highest BCUT2D eigenvalue weighted by Gasteiger charge is 2.47. The van der Waals surface area contributed by atoms with Crippen molar-refractivity contribution in [3.63, 3.8) is 0 Å². The lowest BCUT2D eigenvalue weighted by molar-refractivity contribution is -0.192. The van der Waals surface area contributed by atoms with E-state index in [1.165, 1.54) is 38.8 Å². The monoisotopic (exact) mass is 623 g/mol. The zero-order valence-electron chi connectivity index (χ0n) is 24.7. The van der Waals surface area contributed by atoms with Crippen molar-refractivity contribution in [1.82, 2.24) is 30.0 Å². The molecule has 0 radical (unpaired) electrons. The Morgan fingerprint density at radius 3 is 2.20 bits per heavy atom. The maximum atomic E-state index is 10.6. The van der Waals surface area contributed by atoms with Gasteiger partial charge >= 0.3 is 12.1 Å². The van der Waals surface area contributed by atoms with Gasteiger partial charge in [-0.15, -0.1) is 0 Å². The molecule has 0 amide bonds. The van der Waals surface area contributed by atoms with Crippen molar-refractivity contribution in [2.24, 2.45) is 5.41 Å². The number of piperidine rings is 2. The first-order chi connectivity index (χ1) is 21.6. The van der Waals surface area contributed by atoms with E-state index in [-0.39, 0.29) is 0 Å². The van der Waals surface area contributed by atoms with Crippen molar-refractivity contribution in [3.05, 3.63) is 60.9 Å². The van der Waals surface area contributed by atoms with Gasteiger partial charge in [-0.1, -0.05) is 18.2 Å². The van der Waals surface area contributed by atoms with Gasteiger partial charge in [0.05, 0.1) is 11.4 Å². The third kappa shape index (κ3) is 6.74. The van der Waals surface area contributed by atoms with Crippen molar-refractivity contribution in [3.8, 4) is 22.8 Å². The summed E-state index contributed by atoms with van der Waals surface area (Å²) in [7, 11) is 0. The highest BCUT2D eigenvalue weighted by atomic mass is 19.4. The first-order valence-electron chi connectivity index (χ1n) is 15.2. The van der Waals surface area contributed by atoms with Gasteiger partial charge in [0.1, 0.15) is 29.3 Å². The molecule has 3 fully saturated rings. The van der Waals surface area contributed by atoms with Gasteiger partial charge < -0.3 is 25.8 Å². The Hall–Kier alpha value is -4.23. The van der Waals surface area contributed by atoms with Crippen LogP contribution < -0.4 is 15.8 Å². The average Bonchev–Trinajstić information content (AvgIpc) is 3.42. The van der Waals surface area contributed by atoms with Crippen LogP contribution in [-0.2, 0) is 4.79 Å². The van der Waals surface area contributed by atoms with Crippen LogP contribution in [0.1, 0.15) is 44.6 Å². The number of hydrogen-bond acceptors (Lipinski definition) is 8. The van der Waals surface area contributed by atoms with Gasteiger partial charge in [-0.3, -0.25) is 0 Å². The Morgan fingerprint density at radius 1 is 0.956 bits per heavy atom. The second-order valence-corrected chi connectivity index (χ2v) is 12.1. The van der Waals surface area contributed by atoms with Gasteiger partial charge in [-0.05, 0) is 93.4 Å². The normalized spacial score (nSPS) is 19.1. The number of fused-ring (bicyclic) bond motifs is 1. The highest BCUT2D eigenvalue weighted by Crippen LogP contribution is 2.50. The number of anilines is 1. The predicted octanol–water partition coefficient (Wildman–Crippen LogP) is 5.67. The standard InChI is InChI=1S/C30H35N7O.C2HF3O2/c31-28-26-27(21-6-8-25(9-7-21)38-24-4-2-1-3-5-24)35-37(29(26)34-20-33-28)22-10-16-36(17-11-22)23-18-30(19-23)12-14-32-15-13-30;3-2(4,5)1(6)7/h1-9,20,22-23,32H,10-19H2,(H2,31,33,34);(H,6,7). The Balaban J connectivity index is 0.000000460. The number of halogens is 3. The lowest BCUT2D eigenvalue weighted by Crippen LogP contribution is -2.56. The molecule has 45 heavy (non-hydrogen) atoms. The number of rotatable bonds is 5. The quantitative estimate of drug-likeness (QED) is 0.257. The molecule has 7 rings (SSSR count). The van der Waals surface area contributed by atoms with Gasteiger partial charge in [0.25, 0.3) is 0 Å². The van der Waals surface area contributed by atoms with Gasteiger partial charge in [-0.2, -0.15) is 18.3 Å². The number of carboxylic acids is 1. The van der Waals surface area contributed by atoms with E-state index >= 15 is 0 Å². The predicted molar refractivity (Wildman–Crippen MR) is 163 cm³/mol. The summed E-state index contributed by atoms with van der Waals surface area (Å²) in [6, 6.07) is 18.9. The summed E-state index contributed by atoms with van der Waals surface area (Å²) in [4.78, 5) is 20.6. The minimum absolute atomic E-state index is 0.311. The number of nitrogens with two attached hydrogens (primary N) is 1. The molecule has 2 saturated heterocycles. The molecule has 0 bridgehead atoms. The van der Waals surface area contributed by atoms with Crippen LogP contribution in [0.5, 0.6) is 11.5 Å². The zero-order valence-corrected chi connectivity index (χ0v) is 24.7. The molecule has 4 N–H and O–H groups in total. The minimum atomic E-state index is -5.08. The smallest absolute Gasteiger partial charge is 0.475 e. The maximum Gasteiger partial charge on any atom is 0.490 e. The lowest BCUT2D eigenvalue weighted by Gasteiger charge is -2.55. The van der Waals surface area contributed by atoms with Crippen LogP contribution in [0.15, 0.2) is 60.9 Å². The molecule has 2 aromatic heterocycles. The number of carboxylic acid groups (broad SMARTS) is 1. The number of likely N-dealkylation sites (tertiary alicyclic amines) is 1. The fraction of sp³-hybridized carbons (Fsp3) is 0.438. The summed E-state index contributed by atoms with van der Waals surface area (Å²) in [5.74, 6) is -0.693. The van der Waals surface area contributed by atoms with Crippen LogP contribution in [0.25, 0.3) is 22.3 Å². The number of benzene rings is 2. The summed E-state index contributed by atoms with van der Waals surface area (Å²) in [6.07, 6.45) is 4.08. The number of nitrogens with one attached hydrogen (secondary N) is 1. The van der Waals surface area contributed by atoms with E-state index in [4.69, 9.17) is 25.5 Å². The molecule has 13 heteroatoms. The van der Waals surface area contributed by atoms with Crippen molar-refractivity contribution < 1.29 is 27.8 Å². The first-order valence-corrected chi connectivity index (χ1v) is 15.2. The lowest BCUT2D eigenvalue weighted by atomic mass is 9.60. The van der Waals surface area contributed by atoms with E-state index in [0.717, 1.165) is 65.8 Å². The zero-order chi connectivity index (χ0) is 31.6. The molecule has 0 atom stereocenters. The fourth-order valence-electron chi connectivity index (χ4n) is 6.82. The van der Waals surface area contributed by atoms with E-state index in [2.05, 4.69) is 24.9 Å². The number of para-hydroxylation sites is 1. The third-order valence-corrected chi connectivity index (χ3v) is 9.23. The van der Waals surface area contributed by atoms with E-state index < -0.39 is 12.1 Å². The molecule has 2 aromatic carbocycles. The molecule has 4 heterocycles. The second kappa shape index (κ2) is 12.6. The largest absolute Gasteiger partial charge is 0.490 e. The number of carbonyl (C=O) groups is 1. The molecule has 1 saturated carbocycles. The number of nitrogens with zero attached hydrogens (tertiary/aromatic N) is 5. The topological polar surface area (TPSA) is 131 Å². The minimum Gasteiger partial charge on any atom is -0.475 e. The number of aromatic nitrogens is 4. The van der Waals surface area contributed by atoms with Crippen LogP contribution in [0.3, 0.4) is 0 Å². The number of ether oxygens (including phenoxy) is 1. The van der Waals surface area contributed by atoms with Crippen LogP contribution in [0.2, 0.25) is 0 Å². The summed E-state index contributed by atoms with van der Waals surface area (Å²) in [5.41, 5.74) is 9.64. The molecule has 4 aromatic rings. The SMILES string of the molecule is Nc1ncnc2c1c(-c1ccc(Oc3ccccc3)cc1)nn2C1CCN(C2CC3(CCNCC3)C2)CC1.O=C(O)C(F)(F)F. The molecule has 0 unspecified atom stereocenters. The van der Waals surface area contributed by atoms with E-state index in [1.807, 2.05) is 54.6 Å². The Bertz CT molecular complexity index is 1610. The number of hydrogen-bond donors (Lipinski definition) is 3. The summed E-state index contributed by atoms with van der Waals surface area (Å²) >= 11 is 0. The molecular weight excluding hydrogens is 587 g/mol. The number of alkyl halides is 3. The van der Waals surface area contributed by atoms with Crippen molar-refractivity contribution >= 4 is 22.8 Å². The second-order valence-electron chi connectivity index (χ2n) is 12.1. The van der Waals surface area contributed by atoms with Crippen LogP contribution >= 0.6 is 0 Å². The highest BCUT2D eigenvalue weighted by molar-refractivity contribution is 5.98. The number of nitrogen functional groups attached to an aromatic ring is 1. The van der Waals surface area contributed by atoms with Crippen molar-refractivity contribution in [1.29, 1.82) is 0 Å². The summed E-state index contributed by atoms with van der Waals surface area (Å²) in [6.45, 7) is 4.62. The van der Waals surface area contributed by atoms with E-state index in [1.54, 1.807) is 6.33 Å². The molecule has 2 aliphatic heterocycles. The molecule has 3 aliphatic rings.